The van der Waals surface area contributed by atoms with E-state index >= 15 is 0 Å². The van der Waals surface area contributed by atoms with E-state index in [1.165, 1.54) is 32.4 Å². The first-order chi connectivity index (χ1) is 13.9. The van der Waals surface area contributed by atoms with Crippen LogP contribution in [0.5, 0.6) is 5.75 Å². The van der Waals surface area contributed by atoms with Gasteiger partial charge in [0.05, 0.1) is 12.7 Å². The number of allylic oxidation sites excluding steroid dienone is 2. The van der Waals surface area contributed by atoms with Gasteiger partial charge in [0.1, 0.15) is 22.9 Å². The summed E-state index contributed by atoms with van der Waals surface area (Å²) < 4.78 is 31.5. The minimum Gasteiger partial charge on any atom is -0.496 e. The maximum absolute atomic E-state index is 14.7. The van der Waals surface area contributed by atoms with Crippen molar-refractivity contribution in [2.45, 2.75) is 31.8 Å². The van der Waals surface area contributed by atoms with Gasteiger partial charge in [0, 0.05) is 25.1 Å². The predicted octanol–water partition coefficient (Wildman–Crippen LogP) is 3.16. The molecule has 1 aromatic rings. The number of amides is 1. The third-order valence-corrected chi connectivity index (χ3v) is 5.79. The summed E-state index contributed by atoms with van der Waals surface area (Å²) >= 11 is 0. The van der Waals surface area contributed by atoms with Gasteiger partial charge in [-0.05, 0) is 36.8 Å². The van der Waals surface area contributed by atoms with Crippen molar-refractivity contribution in [1.29, 1.82) is 0 Å². The van der Waals surface area contributed by atoms with Crippen molar-refractivity contribution in [3.63, 3.8) is 0 Å². The Kier molecular flexibility index (Phi) is 6.07. The van der Waals surface area contributed by atoms with Crippen molar-refractivity contribution in [1.82, 2.24) is 5.32 Å². The second-order valence-corrected chi connectivity index (χ2v) is 7.46. The minimum atomic E-state index is -0.804. The molecule has 0 unspecified atom stereocenters. The molecular formula is C22H26FNO5. The quantitative estimate of drug-likeness (QED) is 0.708. The zero-order valence-corrected chi connectivity index (χ0v) is 16.9. The molecule has 1 fully saturated rings. The van der Waals surface area contributed by atoms with Gasteiger partial charge in [-0.3, -0.25) is 9.59 Å². The SMILES string of the molecule is C=CC[C@H]1C[C@]2([C@H](C)Cc3cc(C(=O)NC)c(OC)cc3F)OCOC2=CC1=O. The average Bonchev–Trinajstić information content (AvgIpc) is 3.12. The topological polar surface area (TPSA) is 73.9 Å². The fourth-order valence-electron chi connectivity index (χ4n) is 4.15. The van der Waals surface area contributed by atoms with E-state index < -0.39 is 11.4 Å². The summed E-state index contributed by atoms with van der Waals surface area (Å²) in [5.74, 6) is -0.603. The Balaban J connectivity index is 1.94. The molecule has 0 bridgehead atoms. The smallest absolute Gasteiger partial charge is 0.254 e. The van der Waals surface area contributed by atoms with Crippen LogP contribution in [0, 0.1) is 17.7 Å². The van der Waals surface area contributed by atoms with Gasteiger partial charge in [-0.25, -0.2) is 4.39 Å². The van der Waals surface area contributed by atoms with E-state index in [-0.39, 0.29) is 41.6 Å². The summed E-state index contributed by atoms with van der Waals surface area (Å²) in [7, 11) is 2.90. The highest BCUT2D eigenvalue weighted by Gasteiger charge is 2.51. The van der Waals surface area contributed by atoms with Crippen LogP contribution in [0.1, 0.15) is 35.7 Å². The molecule has 2 aliphatic rings. The fraction of sp³-hybridized carbons (Fsp3) is 0.455. The van der Waals surface area contributed by atoms with Crippen LogP contribution in [0.15, 0.2) is 36.6 Å². The van der Waals surface area contributed by atoms with Crippen LogP contribution in [0.4, 0.5) is 4.39 Å². The van der Waals surface area contributed by atoms with Crippen molar-refractivity contribution in [2.75, 3.05) is 21.0 Å². The van der Waals surface area contributed by atoms with E-state index in [0.717, 1.165) is 0 Å². The van der Waals surface area contributed by atoms with Crippen molar-refractivity contribution in [3.8, 4) is 5.75 Å². The first-order valence-electron chi connectivity index (χ1n) is 9.58. The van der Waals surface area contributed by atoms with Crippen LogP contribution >= 0.6 is 0 Å². The molecule has 0 aromatic heterocycles. The maximum atomic E-state index is 14.7. The Morgan fingerprint density at radius 2 is 2.28 bits per heavy atom. The van der Waals surface area contributed by atoms with Gasteiger partial charge in [-0.1, -0.05) is 13.0 Å². The summed E-state index contributed by atoms with van der Waals surface area (Å²) in [5, 5.41) is 2.54. The number of rotatable bonds is 7. The fourth-order valence-corrected chi connectivity index (χ4v) is 4.15. The number of carbonyl (C=O) groups excluding carboxylic acids is 2. The van der Waals surface area contributed by atoms with Crippen molar-refractivity contribution in [2.24, 2.45) is 11.8 Å². The lowest BCUT2D eigenvalue weighted by Gasteiger charge is -2.38. The second kappa shape index (κ2) is 8.37. The molecule has 1 aliphatic carbocycles. The molecular weight excluding hydrogens is 377 g/mol. The van der Waals surface area contributed by atoms with E-state index in [9.17, 15) is 14.0 Å². The molecule has 0 radical (unpaired) electrons. The van der Waals surface area contributed by atoms with E-state index in [1.807, 2.05) is 6.92 Å². The molecule has 6 nitrogen and oxygen atoms in total. The average molecular weight is 403 g/mol. The first-order valence-corrected chi connectivity index (χ1v) is 9.58. The number of hydrogen-bond donors (Lipinski definition) is 1. The van der Waals surface area contributed by atoms with Gasteiger partial charge in [0.15, 0.2) is 12.6 Å². The number of methoxy groups -OCH3 is 1. The van der Waals surface area contributed by atoms with Crippen LogP contribution in [0.25, 0.3) is 0 Å². The predicted molar refractivity (Wildman–Crippen MR) is 105 cm³/mol. The minimum absolute atomic E-state index is 0.00856. The van der Waals surface area contributed by atoms with Crippen molar-refractivity contribution in [3.05, 3.63) is 53.6 Å². The Bertz CT molecular complexity index is 865. The maximum Gasteiger partial charge on any atom is 0.254 e. The normalized spacial score (nSPS) is 24.2. The highest BCUT2D eigenvalue weighted by molar-refractivity contribution is 5.97. The number of ether oxygens (including phenoxy) is 3. The highest BCUT2D eigenvalue weighted by atomic mass is 19.1. The van der Waals surface area contributed by atoms with Gasteiger partial charge in [-0.2, -0.15) is 0 Å². The molecule has 0 saturated carbocycles. The largest absolute Gasteiger partial charge is 0.496 e. The van der Waals surface area contributed by atoms with Crippen LogP contribution < -0.4 is 10.1 Å². The van der Waals surface area contributed by atoms with Crippen LogP contribution in [-0.2, 0) is 20.7 Å². The second-order valence-electron chi connectivity index (χ2n) is 7.46. The Labute approximate surface area is 169 Å². The molecule has 7 heteroatoms. The molecule has 29 heavy (non-hydrogen) atoms. The third kappa shape index (κ3) is 3.79. The van der Waals surface area contributed by atoms with Crippen LogP contribution in [0.3, 0.4) is 0 Å². The lowest BCUT2D eigenvalue weighted by molar-refractivity contribution is -0.123. The van der Waals surface area contributed by atoms with E-state index in [0.29, 0.717) is 30.6 Å². The number of hydrogen-bond acceptors (Lipinski definition) is 5. The van der Waals surface area contributed by atoms with Gasteiger partial charge in [0.25, 0.3) is 5.91 Å². The van der Waals surface area contributed by atoms with E-state index in [2.05, 4.69) is 11.9 Å². The zero-order valence-electron chi connectivity index (χ0n) is 16.9. The molecule has 1 heterocycles. The number of fused-ring (bicyclic) bond motifs is 1. The summed E-state index contributed by atoms with van der Waals surface area (Å²) in [6.45, 7) is 5.72. The molecule has 3 atom stereocenters. The van der Waals surface area contributed by atoms with Gasteiger partial charge >= 0.3 is 0 Å². The number of benzene rings is 1. The lowest BCUT2D eigenvalue weighted by atomic mass is 9.71. The number of halogens is 1. The standard InChI is InChI=1S/C22H26FNO5/c1-5-6-14-11-22(20(10-18(14)25)28-12-29-22)13(2)7-15-8-16(21(26)24-3)19(27-4)9-17(15)23/h5,8-10,13-14H,1,6-7,11-12H2,2-4H3,(H,24,26)/t13-,14+,22-/m1/s1. The number of nitrogens with one attached hydrogen (secondary N) is 1. The molecule has 1 aliphatic heterocycles. The Morgan fingerprint density at radius 1 is 1.52 bits per heavy atom. The summed E-state index contributed by atoms with van der Waals surface area (Å²) in [4.78, 5) is 24.5. The molecule has 1 N–H and O–H groups in total. The third-order valence-electron chi connectivity index (χ3n) is 5.79. The van der Waals surface area contributed by atoms with E-state index in [4.69, 9.17) is 14.2 Å². The van der Waals surface area contributed by atoms with Gasteiger partial charge in [-0.15, -0.1) is 6.58 Å². The molecule has 1 saturated heterocycles. The molecule has 0 spiro atoms. The zero-order chi connectivity index (χ0) is 21.2. The lowest BCUT2D eigenvalue weighted by Crippen LogP contribution is -2.45. The Hall–Kier alpha value is -2.67. The molecule has 1 aromatic carbocycles. The molecule has 1 amide bonds. The summed E-state index contributed by atoms with van der Waals surface area (Å²) in [5.41, 5.74) is -0.168. The number of ketones is 1. The van der Waals surface area contributed by atoms with Gasteiger partial charge in [0.2, 0.25) is 0 Å². The van der Waals surface area contributed by atoms with E-state index in [1.54, 1.807) is 6.08 Å². The number of carbonyl (C=O) groups is 2. The molecule has 3 rings (SSSR count). The Morgan fingerprint density at radius 3 is 2.93 bits per heavy atom. The molecule has 156 valence electrons. The van der Waals surface area contributed by atoms with Crippen molar-refractivity contribution >= 4 is 11.7 Å². The highest BCUT2D eigenvalue weighted by Crippen LogP contribution is 2.46. The van der Waals surface area contributed by atoms with Crippen LogP contribution in [0.2, 0.25) is 0 Å². The monoisotopic (exact) mass is 403 g/mol. The van der Waals surface area contributed by atoms with Gasteiger partial charge < -0.3 is 19.5 Å². The summed E-state index contributed by atoms with van der Waals surface area (Å²) in [6, 6.07) is 2.73. The van der Waals surface area contributed by atoms with Crippen molar-refractivity contribution < 1.29 is 28.2 Å². The first kappa shape index (κ1) is 21.0. The van der Waals surface area contributed by atoms with Crippen LogP contribution in [-0.4, -0.2) is 38.2 Å². The summed E-state index contributed by atoms with van der Waals surface area (Å²) in [6.07, 6.45) is 4.51.